The van der Waals surface area contributed by atoms with E-state index >= 15 is 0 Å². The van der Waals surface area contributed by atoms with E-state index in [1.54, 1.807) is 14.2 Å². The highest BCUT2D eigenvalue weighted by atomic mass is 16.5. The monoisotopic (exact) mass is 381 g/mol. The summed E-state index contributed by atoms with van der Waals surface area (Å²) >= 11 is 0. The summed E-state index contributed by atoms with van der Waals surface area (Å²) in [5, 5.41) is 2.48. The van der Waals surface area contributed by atoms with E-state index in [0.717, 1.165) is 37.6 Å². The molecule has 0 N–H and O–H groups in total. The van der Waals surface area contributed by atoms with Crippen LogP contribution in [-0.4, -0.2) is 55.9 Å². The summed E-state index contributed by atoms with van der Waals surface area (Å²) in [6.07, 6.45) is 5.64. The normalized spacial score (nSPS) is 18.6. The predicted octanol–water partition coefficient (Wildman–Crippen LogP) is 3.29. The van der Waals surface area contributed by atoms with Crippen molar-refractivity contribution < 1.29 is 18.9 Å². The number of hydrazone groups is 1. The fourth-order valence-electron chi connectivity index (χ4n) is 4.15. The summed E-state index contributed by atoms with van der Waals surface area (Å²) in [5.74, 6) is 1.58. The summed E-state index contributed by atoms with van der Waals surface area (Å²) in [6.45, 7) is 3.50. The molecule has 1 atom stereocenters. The van der Waals surface area contributed by atoms with Gasteiger partial charge >= 0.3 is 0 Å². The fraction of sp³-hybridized carbons (Fsp3) is 0.435. The van der Waals surface area contributed by atoms with Crippen LogP contribution >= 0.6 is 0 Å². The standard InChI is InChI=1S/C23H29N2O3/c1-26-22-13-19-10-12-24(15-20(19)14-23(22)27-2)25-11-6-9-21(25)17-28-16-18-7-4-3-5-8-18/h3-5,7-8,13-15,21H,6,9-12,16-17H2,1-2H3/q+1/t21-/m0/s1. The van der Waals surface area contributed by atoms with Gasteiger partial charge in [0.1, 0.15) is 6.04 Å². The molecule has 0 radical (unpaired) electrons. The van der Waals surface area contributed by atoms with Crippen molar-refractivity contribution in [3.8, 4) is 11.5 Å². The lowest BCUT2D eigenvalue weighted by molar-refractivity contribution is -0.691. The Balaban J connectivity index is 1.45. The topological polar surface area (TPSA) is 33.9 Å². The van der Waals surface area contributed by atoms with Crippen molar-refractivity contribution in [2.24, 2.45) is 0 Å². The molecule has 148 valence electrons. The molecule has 0 amide bonds. The molecule has 0 aliphatic carbocycles. The van der Waals surface area contributed by atoms with E-state index in [1.807, 2.05) is 6.07 Å². The Morgan fingerprint density at radius 2 is 1.86 bits per heavy atom. The number of ether oxygens (including phenoxy) is 3. The van der Waals surface area contributed by atoms with Crippen molar-refractivity contribution >= 4 is 6.21 Å². The molecule has 0 aromatic heterocycles. The Morgan fingerprint density at radius 1 is 1.07 bits per heavy atom. The van der Waals surface area contributed by atoms with Crippen LogP contribution in [0.1, 0.15) is 29.5 Å². The molecule has 1 saturated heterocycles. The number of nitrogens with zero attached hydrogens (tertiary/aromatic N) is 2. The van der Waals surface area contributed by atoms with E-state index in [0.29, 0.717) is 12.6 Å². The Morgan fingerprint density at radius 3 is 2.64 bits per heavy atom. The molecule has 1 fully saturated rings. The Bertz CT molecular complexity index is 835. The molecule has 0 saturated carbocycles. The first-order valence-corrected chi connectivity index (χ1v) is 10.0. The smallest absolute Gasteiger partial charge is 0.201 e. The summed E-state index contributed by atoms with van der Waals surface area (Å²) in [6, 6.07) is 15.0. The Labute approximate surface area is 167 Å². The van der Waals surface area contributed by atoms with E-state index in [4.69, 9.17) is 14.2 Å². The van der Waals surface area contributed by atoms with Crippen LogP contribution in [-0.2, 0) is 17.8 Å². The van der Waals surface area contributed by atoms with E-state index in [2.05, 4.69) is 52.3 Å². The summed E-state index contributed by atoms with van der Waals surface area (Å²) in [4.78, 5) is 0. The van der Waals surface area contributed by atoms with Crippen LogP contribution in [0.5, 0.6) is 11.5 Å². The molecule has 0 unspecified atom stereocenters. The largest absolute Gasteiger partial charge is 0.493 e. The molecule has 2 heterocycles. The van der Waals surface area contributed by atoms with Gasteiger partial charge < -0.3 is 14.2 Å². The third-order valence-corrected chi connectivity index (χ3v) is 5.64. The van der Waals surface area contributed by atoms with Crippen LogP contribution in [0.25, 0.3) is 0 Å². The average Bonchev–Trinajstić information content (AvgIpc) is 3.21. The zero-order valence-corrected chi connectivity index (χ0v) is 16.8. The minimum Gasteiger partial charge on any atom is -0.493 e. The maximum Gasteiger partial charge on any atom is 0.201 e. The van der Waals surface area contributed by atoms with Crippen molar-refractivity contribution in [1.82, 2.24) is 5.01 Å². The molecule has 0 spiro atoms. The highest BCUT2D eigenvalue weighted by molar-refractivity contribution is 5.80. The minimum atomic E-state index is 0.432. The number of methoxy groups -OCH3 is 2. The molecule has 5 heteroatoms. The van der Waals surface area contributed by atoms with Crippen LogP contribution in [0.4, 0.5) is 0 Å². The Kier molecular flexibility index (Phi) is 5.81. The summed E-state index contributed by atoms with van der Waals surface area (Å²) in [7, 11) is 3.37. The SMILES string of the molecule is COc1cc2c(cc1OC)CC[N+](N1CCC[C@H]1COCc1ccccc1)=C2. The zero-order chi connectivity index (χ0) is 19.3. The van der Waals surface area contributed by atoms with Crippen LogP contribution in [0, 0.1) is 0 Å². The van der Waals surface area contributed by atoms with Crippen LogP contribution in [0.2, 0.25) is 0 Å². The number of hydrogen-bond acceptors (Lipinski definition) is 4. The molecule has 2 aromatic carbocycles. The minimum absolute atomic E-state index is 0.432. The van der Waals surface area contributed by atoms with Crippen molar-refractivity contribution in [1.29, 1.82) is 0 Å². The van der Waals surface area contributed by atoms with Crippen molar-refractivity contribution in [2.45, 2.75) is 31.9 Å². The first kappa shape index (κ1) is 18.8. The first-order chi connectivity index (χ1) is 13.8. The maximum absolute atomic E-state index is 6.04. The fourth-order valence-corrected chi connectivity index (χ4v) is 4.15. The molecule has 0 bridgehead atoms. The molecule has 2 aliphatic heterocycles. The molecule has 4 rings (SSSR count). The molecular formula is C23H29N2O3+. The van der Waals surface area contributed by atoms with E-state index < -0.39 is 0 Å². The maximum atomic E-state index is 6.04. The van der Waals surface area contributed by atoms with Gasteiger partial charge in [0.15, 0.2) is 18.0 Å². The number of hydrazine groups is 1. The third kappa shape index (κ3) is 3.99. The molecular weight excluding hydrogens is 352 g/mol. The summed E-state index contributed by atoms with van der Waals surface area (Å²) in [5.41, 5.74) is 3.75. The van der Waals surface area contributed by atoms with Gasteiger partial charge in [-0.15, -0.1) is 4.68 Å². The third-order valence-electron chi connectivity index (χ3n) is 5.64. The van der Waals surface area contributed by atoms with Gasteiger partial charge in [-0.3, -0.25) is 0 Å². The van der Waals surface area contributed by atoms with Gasteiger partial charge in [-0.2, -0.15) is 5.01 Å². The van der Waals surface area contributed by atoms with Gasteiger partial charge in [-0.05, 0) is 36.1 Å². The van der Waals surface area contributed by atoms with Gasteiger partial charge in [-0.1, -0.05) is 30.3 Å². The zero-order valence-electron chi connectivity index (χ0n) is 16.8. The highest BCUT2D eigenvalue weighted by Gasteiger charge is 2.33. The molecule has 2 aromatic rings. The number of benzene rings is 2. The number of rotatable bonds is 7. The second kappa shape index (κ2) is 8.65. The lowest BCUT2D eigenvalue weighted by Gasteiger charge is -2.25. The summed E-state index contributed by atoms with van der Waals surface area (Å²) < 4.78 is 19.3. The van der Waals surface area contributed by atoms with Crippen LogP contribution < -0.4 is 9.47 Å². The van der Waals surface area contributed by atoms with Gasteiger partial charge in [0.25, 0.3) is 0 Å². The van der Waals surface area contributed by atoms with Crippen molar-refractivity contribution in [3.05, 3.63) is 59.2 Å². The van der Waals surface area contributed by atoms with Crippen LogP contribution in [0.15, 0.2) is 42.5 Å². The Hall–Kier alpha value is -2.53. The second-order valence-electron chi connectivity index (χ2n) is 7.41. The predicted molar refractivity (Wildman–Crippen MR) is 109 cm³/mol. The van der Waals surface area contributed by atoms with E-state index in [-0.39, 0.29) is 0 Å². The molecule has 2 aliphatic rings. The average molecular weight is 381 g/mol. The first-order valence-electron chi connectivity index (χ1n) is 10.0. The lowest BCUT2D eigenvalue weighted by Crippen LogP contribution is -2.44. The van der Waals surface area contributed by atoms with Crippen molar-refractivity contribution in [2.75, 3.05) is 33.9 Å². The van der Waals surface area contributed by atoms with Gasteiger partial charge in [0.2, 0.25) is 6.21 Å². The molecule has 28 heavy (non-hydrogen) atoms. The van der Waals surface area contributed by atoms with Gasteiger partial charge in [0.05, 0.1) is 34.0 Å². The molecule has 5 nitrogen and oxygen atoms in total. The van der Waals surface area contributed by atoms with Crippen molar-refractivity contribution in [3.63, 3.8) is 0 Å². The number of fused-ring (bicyclic) bond motifs is 1. The quantitative estimate of drug-likeness (QED) is 0.690. The second-order valence-corrected chi connectivity index (χ2v) is 7.41. The van der Waals surface area contributed by atoms with Crippen LogP contribution in [0.3, 0.4) is 0 Å². The lowest BCUT2D eigenvalue weighted by atomic mass is 10.0. The van der Waals surface area contributed by atoms with Gasteiger partial charge in [0, 0.05) is 12.0 Å². The highest BCUT2D eigenvalue weighted by Crippen LogP contribution is 2.31. The number of hydrogen-bond donors (Lipinski definition) is 0. The van der Waals surface area contributed by atoms with Gasteiger partial charge in [-0.25, -0.2) is 0 Å². The van der Waals surface area contributed by atoms with E-state index in [9.17, 15) is 0 Å². The van der Waals surface area contributed by atoms with E-state index in [1.165, 1.54) is 29.5 Å².